The molecule has 8 nitrogen and oxygen atoms in total. The van der Waals surface area contributed by atoms with Crippen LogP contribution in [0.3, 0.4) is 0 Å². The number of aromatic nitrogens is 6. The molecular weight excluding hydrogens is 422 g/mol. The number of anilines is 1. The molecule has 0 radical (unpaired) electrons. The second-order valence-corrected chi connectivity index (χ2v) is 9.56. The molecule has 6 rings (SSSR count). The fraction of sp³-hybridized carbons (Fsp3) is 0.435. The van der Waals surface area contributed by atoms with E-state index < -0.39 is 0 Å². The molecule has 164 valence electrons. The van der Waals surface area contributed by atoms with Crippen molar-refractivity contribution in [2.24, 2.45) is 13.0 Å². The lowest BCUT2D eigenvalue weighted by atomic mass is 9.96. The molecule has 0 amide bonds. The molecule has 1 fully saturated rings. The van der Waals surface area contributed by atoms with E-state index in [9.17, 15) is 0 Å². The molecule has 4 aromatic rings. The van der Waals surface area contributed by atoms with Gasteiger partial charge in [0.2, 0.25) is 0 Å². The van der Waals surface area contributed by atoms with E-state index in [1.165, 1.54) is 28.7 Å². The Kier molecular flexibility index (Phi) is 5.07. The molecule has 4 aromatic heterocycles. The number of hydrogen-bond acceptors (Lipinski definition) is 8. The highest BCUT2D eigenvalue weighted by atomic mass is 32.1. The number of nitrogens with zero attached hydrogens (tertiary/aromatic N) is 6. The summed E-state index contributed by atoms with van der Waals surface area (Å²) >= 11 is 1.81. The molecule has 0 saturated carbocycles. The predicted molar refractivity (Wildman–Crippen MR) is 124 cm³/mol. The van der Waals surface area contributed by atoms with Crippen LogP contribution in [0.15, 0.2) is 30.9 Å². The molecule has 0 bridgehead atoms. The highest BCUT2D eigenvalue weighted by Gasteiger charge is 2.32. The summed E-state index contributed by atoms with van der Waals surface area (Å²) in [6.07, 6.45) is 12.7. The summed E-state index contributed by atoms with van der Waals surface area (Å²) in [7, 11) is 1.97. The van der Waals surface area contributed by atoms with Crippen LogP contribution < -0.4 is 5.32 Å². The molecular formula is C23H25N7OS. The molecule has 1 saturated heterocycles. The van der Waals surface area contributed by atoms with Gasteiger partial charge in [-0.15, -0.1) is 11.3 Å². The average molecular weight is 448 g/mol. The van der Waals surface area contributed by atoms with Gasteiger partial charge >= 0.3 is 0 Å². The third-order valence-electron chi connectivity index (χ3n) is 6.50. The minimum Gasteiger partial charge on any atom is -0.372 e. The van der Waals surface area contributed by atoms with E-state index in [2.05, 4.69) is 20.4 Å². The van der Waals surface area contributed by atoms with E-state index in [1.54, 1.807) is 29.9 Å². The largest absolute Gasteiger partial charge is 0.372 e. The van der Waals surface area contributed by atoms with Gasteiger partial charge in [-0.1, -0.05) is 0 Å². The first-order chi connectivity index (χ1) is 15.8. The zero-order chi connectivity index (χ0) is 21.5. The van der Waals surface area contributed by atoms with E-state index >= 15 is 0 Å². The van der Waals surface area contributed by atoms with Crippen molar-refractivity contribution in [2.45, 2.75) is 38.2 Å². The van der Waals surface area contributed by atoms with Crippen molar-refractivity contribution in [3.63, 3.8) is 0 Å². The highest BCUT2D eigenvalue weighted by molar-refractivity contribution is 7.19. The van der Waals surface area contributed by atoms with Gasteiger partial charge in [0, 0.05) is 49.6 Å². The molecule has 2 aliphatic rings. The van der Waals surface area contributed by atoms with Crippen molar-refractivity contribution < 1.29 is 4.74 Å². The van der Waals surface area contributed by atoms with Crippen molar-refractivity contribution in [3.8, 4) is 11.5 Å². The van der Waals surface area contributed by atoms with Crippen LogP contribution in [0.25, 0.3) is 21.7 Å². The van der Waals surface area contributed by atoms with Gasteiger partial charge in [0.15, 0.2) is 5.82 Å². The molecule has 32 heavy (non-hydrogen) atoms. The number of aryl methyl sites for hydroxylation is 3. The first-order valence-electron chi connectivity index (χ1n) is 11.2. The van der Waals surface area contributed by atoms with E-state index in [-0.39, 0.29) is 6.10 Å². The Hall–Kier alpha value is -2.91. The van der Waals surface area contributed by atoms with Crippen LogP contribution in [0.5, 0.6) is 0 Å². The monoisotopic (exact) mass is 447 g/mol. The van der Waals surface area contributed by atoms with Crippen LogP contribution in [-0.2, 0) is 24.6 Å². The van der Waals surface area contributed by atoms with Gasteiger partial charge in [0.1, 0.15) is 22.4 Å². The van der Waals surface area contributed by atoms with Crippen LogP contribution in [-0.4, -0.2) is 42.9 Å². The maximum Gasteiger partial charge on any atom is 0.183 e. The van der Waals surface area contributed by atoms with Crippen molar-refractivity contribution >= 4 is 27.4 Å². The summed E-state index contributed by atoms with van der Waals surface area (Å²) in [5, 5.41) is 9.20. The lowest BCUT2D eigenvalue weighted by molar-refractivity contribution is 0.0866. The first kappa shape index (κ1) is 19.8. The summed E-state index contributed by atoms with van der Waals surface area (Å²) in [4.78, 5) is 21.0. The quantitative estimate of drug-likeness (QED) is 0.495. The SMILES string of the molecule is Cn1nccc1[C@@H]1OCC[C@H]1CNc1nc(-c2cnccn2)nc2sc3c(c12)CCCC3. The molecule has 9 heteroatoms. The van der Waals surface area contributed by atoms with Gasteiger partial charge in [-0.25, -0.2) is 15.0 Å². The molecule has 1 aliphatic heterocycles. The minimum absolute atomic E-state index is 0.0446. The van der Waals surface area contributed by atoms with Gasteiger partial charge in [0.05, 0.1) is 17.3 Å². The Labute approximate surface area is 190 Å². The number of hydrogen-bond donors (Lipinski definition) is 1. The second kappa shape index (κ2) is 8.22. The average Bonchev–Trinajstić information content (AvgIpc) is 3.55. The zero-order valence-electron chi connectivity index (χ0n) is 18.0. The standard InChI is InChI=1S/C23H25N7OS/c1-30-17(6-8-27-30)20-14(7-11-31-20)12-26-22-19-15-4-2-3-5-18(15)32-23(19)29-21(28-22)16-13-24-9-10-25-16/h6,8-10,13-14,20H,2-5,7,11-12H2,1H3,(H,26,28,29)/t14-,20+/m0/s1. The summed E-state index contributed by atoms with van der Waals surface area (Å²) in [6, 6.07) is 2.05. The summed E-state index contributed by atoms with van der Waals surface area (Å²) < 4.78 is 8.00. The lowest BCUT2D eigenvalue weighted by Crippen LogP contribution is -2.20. The molecule has 0 spiro atoms. The van der Waals surface area contributed by atoms with E-state index in [0.29, 0.717) is 17.4 Å². The molecule has 1 aliphatic carbocycles. The summed E-state index contributed by atoms with van der Waals surface area (Å²) in [5.74, 6) is 1.88. The normalized spacial score (nSPS) is 20.5. The fourth-order valence-corrected chi connectivity index (χ4v) is 6.14. The lowest BCUT2D eigenvalue weighted by Gasteiger charge is -2.20. The van der Waals surface area contributed by atoms with Crippen LogP contribution in [0.1, 0.15) is 41.5 Å². The maximum atomic E-state index is 6.09. The Morgan fingerprint density at radius 1 is 1.19 bits per heavy atom. The Balaban J connectivity index is 1.36. The van der Waals surface area contributed by atoms with Crippen LogP contribution >= 0.6 is 11.3 Å². The number of rotatable bonds is 5. The molecule has 0 unspecified atom stereocenters. The maximum absolute atomic E-state index is 6.09. The second-order valence-electron chi connectivity index (χ2n) is 8.48. The van der Waals surface area contributed by atoms with Gasteiger partial charge in [-0.05, 0) is 43.7 Å². The van der Waals surface area contributed by atoms with E-state index in [4.69, 9.17) is 14.7 Å². The number of nitrogens with one attached hydrogen (secondary N) is 1. The Morgan fingerprint density at radius 2 is 2.12 bits per heavy atom. The van der Waals surface area contributed by atoms with Crippen LogP contribution in [0.4, 0.5) is 5.82 Å². The van der Waals surface area contributed by atoms with Gasteiger partial charge in [-0.2, -0.15) is 5.10 Å². The predicted octanol–water partition coefficient (Wildman–Crippen LogP) is 3.95. The topological polar surface area (TPSA) is 90.6 Å². The zero-order valence-corrected chi connectivity index (χ0v) is 18.8. The van der Waals surface area contributed by atoms with Gasteiger partial charge < -0.3 is 10.1 Å². The molecule has 5 heterocycles. The van der Waals surface area contributed by atoms with E-state index in [1.807, 2.05) is 24.0 Å². The van der Waals surface area contributed by atoms with Crippen molar-refractivity contribution in [1.82, 2.24) is 29.7 Å². The smallest absolute Gasteiger partial charge is 0.183 e. The first-order valence-corrected chi connectivity index (χ1v) is 12.0. The number of thiophene rings is 1. The third kappa shape index (κ3) is 3.45. The minimum atomic E-state index is 0.0446. The van der Waals surface area contributed by atoms with E-state index in [0.717, 1.165) is 48.8 Å². The Morgan fingerprint density at radius 3 is 2.97 bits per heavy atom. The molecule has 1 N–H and O–H groups in total. The van der Waals surface area contributed by atoms with Crippen LogP contribution in [0, 0.1) is 5.92 Å². The number of fused-ring (bicyclic) bond motifs is 3. The fourth-order valence-electron chi connectivity index (χ4n) is 4.88. The summed E-state index contributed by atoms with van der Waals surface area (Å²) in [5.41, 5.74) is 3.24. The summed E-state index contributed by atoms with van der Waals surface area (Å²) in [6.45, 7) is 1.55. The molecule has 0 aromatic carbocycles. The molecule has 2 atom stereocenters. The highest BCUT2D eigenvalue weighted by Crippen LogP contribution is 2.40. The van der Waals surface area contributed by atoms with Crippen molar-refractivity contribution in [1.29, 1.82) is 0 Å². The number of ether oxygens (including phenoxy) is 1. The van der Waals surface area contributed by atoms with Gasteiger partial charge in [0.25, 0.3) is 0 Å². The van der Waals surface area contributed by atoms with Crippen LogP contribution in [0.2, 0.25) is 0 Å². The van der Waals surface area contributed by atoms with Gasteiger partial charge in [-0.3, -0.25) is 9.67 Å². The Bertz CT molecular complexity index is 1250. The van der Waals surface area contributed by atoms with Crippen molar-refractivity contribution in [2.75, 3.05) is 18.5 Å². The van der Waals surface area contributed by atoms with Crippen molar-refractivity contribution in [3.05, 3.63) is 47.0 Å². The third-order valence-corrected chi connectivity index (χ3v) is 7.69.